The summed E-state index contributed by atoms with van der Waals surface area (Å²) in [6.45, 7) is 5.01. The highest BCUT2D eigenvalue weighted by Crippen LogP contribution is 2.22. The predicted octanol–water partition coefficient (Wildman–Crippen LogP) is 4.43. The van der Waals surface area contributed by atoms with Crippen LogP contribution < -0.4 is 0 Å². The Labute approximate surface area is 183 Å². The van der Waals surface area contributed by atoms with E-state index in [-0.39, 0.29) is 12.9 Å². The topological polar surface area (TPSA) is 80.2 Å². The van der Waals surface area contributed by atoms with Crippen LogP contribution in [0.25, 0.3) is 11.3 Å². The Morgan fingerprint density at radius 2 is 1.83 bits per heavy atom. The molecule has 0 fully saturated rings. The molecule has 0 atom stereocenters. The lowest BCUT2D eigenvalue weighted by molar-refractivity contribution is 0.282. The van der Waals surface area contributed by atoms with Gasteiger partial charge >= 0.3 is 0 Å². The van der Waals surface area contributed by atoms with Gasteiger partial charge in [-0.3, -0.25) is 4.98 Å². The van der Waals surface area contributed by atoms with E-state index in [1.165, 1.54) is 0 Å². The summed E-state index contributed by atoms with van der Waals surface area (Å²) in [6, 6.07) is 11.8. The average Bonchev–Trinajstić information content (AvgIpc) is 2.72. The Hall–Kier alpha value is -2.72. The molecule has 0 aliphatic rings. The molecule has 0 aliphatic heterocycles. The Balaban J connectivity index is 0.00000341. The monoisotopic (exact) mass is 442 g/mol. The number of aliphatic hydroxyl groups is 1. The van der Waals surface area contributed by atoms with Crippen molar-refractivity contribution >= 4 is 21.4 Å². The van der Waals surface area contributed by atoms with Gasteiger partial charge in [0.25, 0.3) is 0 Å². The van der Waals surface area contributed by atoms with E-state index in [0.29, 0.717) is 33.2 Å². The smallest absolute Gasteiger partial charge is 0.180 e. The molecule has 0 saturated heterocycles. The Kier molecular flexibility index (Phi) is 6.57. The molecule has 156 valence electrons. The number of hydrogen-bond donors (Lipinski definition) is 1. The van der Waals surface area contributed by atoms with Gasteiger partial charge in [-0.2, -0.15) is 0 Å². The summed E-state index contributed by atoms with van der Waals surface area (Å²) in [4.78, 5) is 9.23. The number of benzene rings is 2. The van der Waals surface area contributed by atoms with Crippen LogP contribution in [0, 0.1) is 18.8 Å². The van der Waals surface area contributed by atoms with Gasteiger partial charge in [0.2, 0.25) is 0 Å². The third-order valence-corrected chi connectivity index (χ3v) is 6.91. The van der Waals surface area contributed by atoms with E-state index < -0.39 is 15.1 Å². The van der Waals surface area contributed by atoms with Gasteiger partial charge in [-0.05, 0) is 62.6 Å². The highest BCUT2D eigenvalue weighted by Gasteiger charge is 2.19. The molecule has 2 aromatic carbocycles. The van der Waals surface area contributed by atoms with Crippen LogP contribution in [0.1, 0.15) is 37.8 Å². The van der Waals surface area contributed by atoms with Crippen LogP contribution in [-0.4, -0.2) is 28.7 Å². The normalized spacial score (nSPS) is 11.3. The lowest BCUT2D eigenvalue weighted by Gasteiger charge is -2.09. The largest absolute Gasteiger partial charge is 0.392 e. The fourth-order valence-corrected chi connectivity index (χ4v) is 4.06. The summed E-state index contributed by atoms with van der Waals surface area (Å²) >= 11 is 6.06. The number of aliphatic hydroxyl groups excluding tert-OH is 1. The summed E-state index contributed by atoms with van der Waals surface area (Å²) in [6.07, 6.45) is 1.63. The molecule has 0 saturated carbocycles. The van der Waals surface area contributed by atoms with E-state index >= 15 is 0 Å². The van der Waals surface area contributed by atoms with E-state index in [2.05, 4.69) is 21.8 Å². The molecule has 1 heterocycles. The van der Waals surface area contributed by atoms with Crippen molar-refractivity contribution in [2.24, 2.45) is 0 Å². The van der Waals surface area contributed by atoms with E-state index in [0.717, 1.165) is 5.56 Å². The van der Waals surface area contributed by atoms with E-state index in [4.69, 9.17) is 11.6 Å². The van der Waals surface area contributed by atoms with Gasteiger partial charge in [-0.15, -0.1) is 0 Å². The minimum atomic E-state index is -3.33. The molecule has 1 N–H and O–H groups in total. The standard InChI is InChI=1S/C23H21ClN2O3S.H2/c1-15(2)30(28,29)21-7-5-19(6-8-21)23-13-25-16(3)22(26-23)9-4-17-10-18(14-27)12-20(24)11-17;/h5-8,10-13,15,27H,14H2,1-3H3;1H. The van der Waals surface area contributed by atoms with Gasteiger partial charge in [0, 0.05) is 17.6 Å². The van der Waals surface area contributed by atoms with E-state index in [1.807, 2.05) is 6.92 Å². The van der Waals surface area contributed by atoms with E-state index in [1.54, 1.807) is 62.5 Å². The van der Waals surface area contributed by atoms with Crippen LogP contribution >= 0.6 is 11.6 Å². The van der Waals surface area contributed by atoms with Gasteiger partial charge in [0.15, 0.2) is 9.84 Å². The van der Waals surface area contributed by atoms with Crippen molar-refractivity contribution in [3.8, 4) is 23.1 Å². The van der Waals surface area contributed by atoms with Gasteiger partial charge in [0.1, 0.15) is 5.69 Å². The molecule has 0 amide bonds. The second kappa shape index (κ2) is 8.97. The number of rotatable bonds is 4. The molecule has 3 aromatic rings. The summed E-state index contributed by atoms with van der Waals surface area (Å²) in [5.41, 5.74) is 3.88. The SMILES string of the molecule is Cc1ncc(-c2ccc(S(=O)(=O)C(C)C)cc2)nc1C#Cc1cc(Cl)cc(CO)c1.[HH]. The van der Waals surface area contributed by atoms with Crippen molar-refractivity contribution in [1.29, 1.82) is 0 Å². The lowest BCUT2D eigenvalue weighted by atomic mass is 10.1. The van der Waals surface area contributed by atoms with Gasteiger partial charge in [0.05, 0.1) is 34.3 Å². The highest BCUT2D eigenvalue weighted by atomic mass is 35.5. The zero-order valence-corrected chi connectivity index (χ0v) is 18.4. The molecule has 5 nitrogen and oxygen atoms in total. The maximum atomic E-state index is 12.3. The predicted molar refractivity (Wildman–Crippen MR) is 120 cm³/mol. The fraction of sp³-hybridized carbons (Fsp3) is 0.217. The van der Waals surface area contributed by atoms with Crippen molar-refractivity contribution in [3.05, 3.63) is 76.2 Å². The summed E-state index contributed by atoms with van der Waals surface area (Å²) < 4.78 is 24.6. The quantitative estimate of drug-likeness (QED) is 0.604. The number of aryl methyl sites for hydroxylation is 1. The van der Waals surface area contributed by atoms with Gasteiger partial charge in [-0.25, -0.2) is 13.4 Å². The zero-order chi connectivity index (χ0) is 21.9. The summed E-state index contributed by atoms with van der Waals surface area (Å²) in [5, 5.41) is 9.33. The van der Waals surface area contributed by atoms with Crippen molar-refractivity contribution in [2.75, 3.05) is 0 Å². The van der Waals surface area contributed by atoms with Crippen LogP contribution in [0.5, 0.6) is 0 Å². The Morgan fingerprint density at radius 3 is 2.47 bits per heavy atom. The Morgan fingerprint density at radius 1 is 1.13 bits per heavy atom. The first kappa shape index (κ1) is 22.0. The first-order valence-corrected chi connectivity index (χ1v) is 11.2. The molecule has 3 rings (SSSR count). The van der Waals surface area contributed by atoms with Gasteiger partial charge in [-0.1, -0.05) is 29.7 Å². The number of sulfone groups is 1. The molecule has 0 unspecified atom stereocenters. The molecule has 1 aromatic heterocycles. The second-order valence-corrected chi connectivity index (χ2v) is 10.0. The minimum absolute atomic E-state index is 0. The van der Waals surface area contributed by atoms with Crippen molar-refractivity contribution < 1.29 is 15.0 Å². The summed E-state index contributed by atoms with van der Waals surface area (Å²) in [5.74, 6) is 6.02. The molecule has 7 heteroatoms. The third-order valence-electron chi connectivity index (χ3n) is 4.52. The lowest BCUT2D eigenvalue weighted by Crippen LogP contribution is -2.13. The van der Waals surface area contributed by atoms with Crippen LogP contribution in [0.4, 0.5) is 0 Å². The van der Waals surface area contributed by atoms with Gasteiger partial charge < -0.3 is 5.11 Å². The third kappa shape index (κ3) is 4.88. The fourth-order valence-electron chi connectivity index (χ4n) is 2.74. The van der Waals surface area contributed by atoms with E-state index in [9.17, 15) is 13.5 Å². The molecule has 0 radical (unpaired) electrons. The minimum Gasteiger partial charge on any atom is -0.392 e. The first-order chi connectivity index (χ1) is 14.2. The van der Waals surface area contributed by atoms with Crippen LogP contribution in [0.15, 0.2) is 53.6 Å². The van der Waals surface area contributed by atoms with Crippen molar-refractivity contribution in [2.45, 2.75) is 37.5 Å². The average molecular weight is 443 g/mol. The number of hydrogen-bond acceptors (Lipinski definition) is 5. The Bertz CT molecular complexity index is 1250. The molecule has 0 spiro atoms. The number of aromatic nitrogens is 2. The maximum absolute atomic E-state index is 12.3. The van der Waals surface area contributed by atoms with Crippen LogP contribution in [0.3, 0.4) is 0 Å². The van der Waals surface area contributed by atoms with Crippen LogP contribution in [-0.2, 0) is 16.4 Å². The second-order valence-electron chi connectivity index (χ2n) is 7.06. The summed E-state index contributed by atoms with van der Waals surface area (Å²) in [7, 11) is -3.33. The molecule has 0 bridgehead atoms. The molecule has 0 aliphatic carbocycles. The number of nitrogens with zero attached hydrogens (tertiary/aromatic N) is 2. The van der Waals surface area contributed by atoms with Crippen molar-refractivity contribution in [3.63, 3.8) is 0 Å². The van der Waals surface area contributed by atoms with Crippen LogP contribution in [0.2, 0.25) is 5.02 Å². The zero-order valence-electron chi connectivity index (χ0n) is 16.8. The number of halogens is 1. The van der Waals surface area contributed by atoms with Crippen molar-refractivity contribution in [1.82, 2.24) is 9.97 Å². The molecular weight excluding hydrogens is 420 g/mol. The first-order valence-electron chi connectivity index (χ1n) is 9.31. The molecule has 30 heavy (non-hydrogen) atoms. The highest BCUT2D eigenvalue weighted by molar-refractivity contribution is 7.92. The molecular formula is C23H23ClN2O3S. The maximum Gasteiger partial charge on any atom is 0.180 e.